The minimum atomic E-state index is -0.648. The fourth-order valence-electron chi connectivity index (χ4n) is 3.37. The second-order valence-corrected chi connectivity index (χ2v) is 7.67. The lowest BCUT2D eigenvalue weighted by atomic mass is 9.78. The molecular formula is C22H23BN2O5. The van der Waals surface area contributed by atoms with Crippen molar-refractivity contribution in [2.24, 2.45) is 0 Å². The van der Waals surface area contributed by atoms with Crippen molar-refractivity contribution in [2.45, 2.75) is 26.0 Å². The van der Waals surface area contributed by atoms with Gasteiger partial charge in [-0.25, -0.2) is 4.79 Å². The molecule has 0 aliphatic carbocycles. The van der Waals surface area contributed by atoms with Crippen molar-refractivity contribution >= 4 is 29.5 Å². The van der Waals surface area contributed by atoms with E-state index in [1.165, 1.54) is 7.11 Å². The fraction of sp³-hybridized carbons (Fsp3) is 0.273. The van der Waals surface area contributed by atoms with Crippen LogP contribution in [0.25, 0.3) is 10.9 Å². The molecule has 7 nitrogen and oxygen atoms in total. The second-order valence-electron chi connectivity index (χ2n) is 7.67. The molecule has 0 saturated carbocycles. The zero-order valence-electron chi connectivity index (χ0n) is 17.5. The van der Waals surface area contributed by atoms with Crippen LogP contribution in [0.2, 0.25) is 0 Å². The molecule has 3 aromatic rings. The molecule has 1 saturated heterocycles. The zero-order valence-corrected chi connectivity index (χ0v) is 17.5. The van der Waals surface area contributed by atoms with Crippen molar-refractivity contribution in [1.29, 1.82) is 0 Å². The summed E-state index contributed by atoms with van der Waals surface area (Å²) in [5.41, 5.74) is 2.09. The first-order valence-electron chi connectivity index (χ1n) is 9.57. The van der Waals surface area contributed by atoms with Crippen LogP contribution in [0, 0.1) is 0 Å². The van der Waals surface area contributed by atoms with Gasteiger partial charge in [-0.2, -0.15) is 5.10 Å². The van der Waals surface area contributed by atoms with Gasteiger partial charge < -0.3 is 18.8 Å². The van der Waals surface area contributed by atoms with Gasteiger partial charge in [-0.3, -0.25) is 4.68 Å². The highest BCUT2D eigenvalue weighted by Gasteiger charge is 2.43. The zero-order chi connectivity index (χ0) is 21.5. The Labute approximate surface area is 175 Å². The summed E-state index contributed by atoms with van der Waals surface area (Å²) in [6, 6.07) is 11.4. The minimum Gasteiger partial charge on any atom is -0.534 e. The van der Waals surface area contributed by atoms with E-state index in [1.807, 2.05) is 50.4 Å². The van der Waals surface area contributed by atoms with Crippen LogP contribution in [0.1, 0.15) is 29.8 Å². The molecule has 2 aromatic carbocycles. The first kappa shape index (κ1) is 20.0. The molecule has 0 spiro atoms. The van der Waals surface area contributed by atoms with Gasteiger partial charge in [0.1, 0.15) is 16.9 Å². The molecule has 0 atom stereocenters. The van der Waals surface area contributed by atoms with Gasteiger partial charge in [0, 0.05) is 11.6 Å². The summed E-state index contributed by atoms with van der Waals surface area (Å²) < 4.78 is 23.7. The van der Waals surface area contributed by atoms with E-state index in [0.29, 0.717) is 28.8 Å². The molecule has 0 bridgehead atoms. The van der Waals surface area contributed by atoms with Crippen LogP contribution in [0.15, 0.2) is 54.9 Å². The van der Waals surface area contributed by atoms with Crippen molar-refractivity contribution in [1.82, 2.24) is 9.78 Å². The first-order valence-corrected chi connectivity index (χ1v) is 9.57. The predicted molar refractivity (Wildman–Crippen MR) is 114 cm³/mol. The molecule has 30 heavy (non-hydrogen) atoms. The van der Waals surface area contributed by atoms with Crippen LogP contribution < -0.4 is 10.2 Å². The Bertz CT molecular complexity index is 1120. The van der Waals surface area contributed by atoms with E-state index in [4.69, 9.17) is 18.8 Å². The van der Waals surface area contributed by atoms with Crippen LogP contribution in [-0.4, -0.2) is 42.7 Å². The number of hydrogen-bond acceptors (Lipinski definition) is 6. The smallest absolute Gasteiger partial charge is 0.534 e. The van der Waals surface area contributed by atoms with Gasteiger partial charge in [0.15, 0.2) is 0 Å². The second kappa shape index (κ2) is 7.53. The molecule has 0 amide bonds. The quantitative estimate of drug-likeness (QED) is 0.479. The molecule has 1 aromatic heterocycles. The van der Waals surface area contributed by atoms with Gasteiger partial charge in [0.05, 0.1) is 32.1 Å². The highest BCUT2D eigenvalue weighted by molar-refractivity contribution is 6.62. The van der Waals surface area contributed by atoms with Crippen LogP contribution in [0.4, 0.5) is 0 Å². The topological polar surface area (TPSA) is 71.8 Å². The van der Waals surface area contributed by atoms with Crippen LogP contribution in [-0.2, 0) is 20.6 Å². The number of methoxy groups -OCH3 is 2. The van der Waals surface area contributed by atoms with Crippen molar-refractivity contribution in [2.75, 3.05) is 14.2 Å². The third kappa shape index (κ3) is 3.66. The molecule has 4 rings (SSSR count). The summed E-state index contributed by atoms with van der Waals surface area (Å²) >= 11 is 0. The van der Waals surface area contributed by atoms with E-state index >= 15 is 0 Å². The number of aromatic nitrogens is 2. The Morgan fingerprint density at radius 3 is 2.57 bits per heavy atom. The molecule has 1 aliphatic rings. The molecular weight excluding hydrogens is 383 g/mol. The van der Waals surface area contributed by atoms with E-state index < -0.39 is 18.7 Å². The number of rotatable bonds is 5. The van der Waals surface area contributed by atoms with Gasteiger partial charge >= 0.3 is 13.1 Å². The van der Waals surface area contributed by atoms with Gasteiger partial charge in [0.2, 0.25) is 0 Å². The Morgan fingerprint density at radius 2 is 1.97 bits per heavy atom. The fourth-order valence-corrected chi connectivity index (χ4v) is 3.37. The van der Waals surface area contributed by atoms with Gasteiger partial charge in [-0.15, -0.1) is 0 Å². The number of carbonyl (C=O) groups excluding carboxylic acids is 1. The average Bonchev–Trinajstić information content (AvgIpc) is 3.26. The highest BCUT2D eigenvalue weighted by Crippen LogP contribution is 2.30. The largest absolute Gasteiger partial charge is 0.563 e. The molecule has 8 heteroatoms. The molecule has 0 unspecified atom stereocenters. The maximum absolute atomic E-state index is 12.4. The third-order valence-electron chi connectivity index (χ3n) is 5.18. The summed E-state index contributed by atoms with van der Waals surface area (Å²) in [5.74, 6) is 0.873. The lowest BCUT2D eigenvalue weighted by Crippen LogP contribution is -2.35. The normalized spacial score (nSPS) is 15.3. The van der Waals surface area contributed by atoms with Gasteiger partial charge in [-0.1, -0.05) is 24.8 Å². The average molecular weight is 406 g/mol. The van der Waals surface area contributed by atoms with Crippen molar-refractivity contribution in [3.8, 4) is 5.75 Å². The number of ether oxygens (including phenoxy) is 2. The SMILES string of the molecule is C=C1OB(c2cc(C(=O)OC)c3nn(Cc4ccc(OC)cc4)cc3c2)OC1(C)C. The first-order chi connectivity index (χ1) is 14.3. The van der Waals surface area contributed by atoms with Crippen LogP contribution in [0.3, 0.4) is 0 Å². The van der Waals surface area contributed by atoms with Gasteiger partial charge in [-0.05, 0) is 43.1 Å². The number of nitrogens with zero attached hydrogens (tertiary/aromatic N) is 2. The summed E-state index contributed by atoms with van der Waals surface area (Å²) in [7, 11) is 2.34. The van der Waals surface area contributed by atoms with Crippen LogP contribution in [0.5, 0.6) is 5.75 Å². The highest BCUT2D eigenvalue weighted by atomic mass is 16.7. The van der Waals surface area contributed by atoms with E-state index in [2.05, 4.69) is 11.7 Å². The summed E-state index contributed by atoms with van der Waals surface area (Å²) in [6.07, 6.45) is 1.89. The predicted octanol–water partition coefficient (Wildman–Crippen LogP) is 2.91. The summed E-state index contributed by atoms with van der Waals surface area (Å²) in [4.78, 5) is 12.4. The molecule has 1 aliphatic heterocycles. The standard InChI is InChI=1S/C22H23BN2O5/c1-14-22(2,3)30-23(29-14)17-10-16-13-25(12-15-6-8-18(27-4)9-7-15)24-20(16)19(11-17)21(26)28-5/h6-11,13H,1,12H2,2-5H3. The Kier molecular flexibility index (Phi) is 5.03. The minimum absolute atomic E-state index is 0.362. The van der Waals surface area contributed by atoms with Crippen molar-refractivity contribution in [3.63, 3.8) is 0 Å². The number of fused-ring (bicyclic) bond motifs is 1. The number of esters is 1. The maximum atomic E-state index is 12.4. The van der Waals surface area contributed by atoms with E-state index in [9.17, 15) is 4.79 Å². The third-order valence-corrected chi connectivity index (χ3v) is 5.18. The van der Waals surface area contributed by atoms with Crippen molar-refractivity contribution in [3.05, 3.63) is 66.1 Å². The Hall–Kier alpha value is -3.26. The Morgan fingerprint density at radius 1 is 1.23 bits per heavy atom. The number of hydrogen-bond donors (Lipinski definition) is 0. The van der Waals surface area contributed by atoms with E-state index in [0.717, 1.165) is 16.7 Å². The maximum Gasteiger partial charge on any atom is 0.563 e. The monoisotopic (exact) mass is 406 g/mol. The van der Waals surface area contributed by atoms with Gasteiger partial charge in [0.25, 0.3) is 0 Å². The summed E-state index contributed by atoms with van der Waals surface area (Å²) in [6.45, 7) is 8.25. The molecule has 1 fully saturated rings. The van der Waals surface area contributed by atoms with Crippen molar-refractivity contribution < 1.29 is 23.6 Å². The van der Waals surface area contributed by atoms with E-state index in [-0.39, 0.29) is 0 Å². The lowest BCUT2D eigenvalue weighted by Gasteiger charge is -2.15. The lowest BCUT2D eigenvalue weighted by molar-refractivity contribution is 0.0603. The number of benzene rings is 2. The summed E-state index contributed by atoms with van der Waals surface area (Å²) in [5, 5.41) is 5.41. The Balaban J connectivity index is 1.72. The molecule has 154 valence electrons. The van der Waals surface area contributed by atoms with E-state index in [1.54, 1.807) is 17.9 Å². The molecule has 0 N–H and O–H groups in total. The molecule has 2 heterocycles. The van der Waals surface area contributed by atoms with Crippen LogP contribution >= 0.6 is 0 Å². The number of carbonyl (C=O) groups is 1. The molecule has 0 radical (unpaired) electrons.